The standard InChI is InChI=1S/C15H17NO5/c1-20-14(19)9-5-8-6-3-4-7(15(8,9)21-2)11-10(6)12(17)16-13(11)18/h3-4,6-11H,5H2,1-2H3,(H,16,17,18). The van der Waals surface area contributed by atoms with Gasteiger partial charge in [-0.3, -0.25) is 19.7 Å². The van der Waals surface area contributed by atoms with E-state index in [1.54, 1.807) is 7.11 Å². The SMILES string of the molecule is COC(=O)C1CC2C3C=CC(C4C(=O)NC(=O)C34)C12OC. The minimum absolute atomic E-state index is 0.0349. The average molecular weight is 291 g/mol. The van der Waals surface area contributed by atoms with Crippen molar-refractivity contribution in [3.63, 3.8) is 0 Å². The molecule has 2 saturated carbocycles. The summed E-state index contributed by atoms with van der Waals surface area (Å²) in [5.41, 5.74) is -0.699. The summed E-state index contributed by atoms with van der Waals surface area (Å²) in [4.78, 5) is 36.2. The van der Waals surface area contributed by atoms with Crippen LogP contribution in [0.3, 0.4) is 0 Å². The Bertz CT molecular complexity index is 585. The summed E-state index contributed by atoms with van der Waals surface area (Å²) in [7, 11) is 2.95. The van der Waals surface area contributed by atoms with Gasteiger partial charge in [0.05, 0.1) is 30.5 Å². The third-order valence-electron chi connectivity index (χ3n) is 6.02. The number of hydrogen-bond donors (Lipinski definition) is 1. The zero-order valence-electron chi connectivity index (χ0n) is 11.9. The lowest BCUT2D eigenvalue weighted by Gasteiger charge is -2.65. The lowest BCUT2D eigenvalue weighted by molar-refractivity contribution is -0.254. The molecule has 7 unspecified atom stereocenters. The highest BCUT2D eigenvalue weighted by Crippen LogP contribution is 2.66. The van der Waals surface area contributed by atoms with Gasteiger partial charge in [0.1, 0.15) is 0 Å². The van der Waals surface area contributed by atoms with Crippen LogP contribution in [0.15, 0.2) is 12.2 Å². The number of imide groups is 1. The molecule has 6 nitrogen and oxygen atoms in total. The first-order chi connectivity index (χ1) is 10.1. The van der Waals surface area contributed by atoms with Crippen molar-refractivity contribution >= 4 is 17.8 Å². The Balaban J connectivity index is 1.80. The average Bonchev–Trinajstić information content (AvgIpc) is 2.76. The third kappa shape index (κ3) is 1.25. The molecule has 1 saturated heterocycles. The maximum Gasteiger partial charge on any atom is 0.311 e. The van der Waals surface area contributed by atoms with Crippen molar-refractivity contribution in [1.82, 2.24) is 5.32 Å². The molecule has 1 N–H and O–H groups in total. The van der Waals surface area contributed by atoms with Gasteiger partial charge in [0.2, 0.25) is 11.8 Å². The molecule has 0 aromatic heterocycles. The van der Waals surface area contributed by atoms with Gasteiger partial charge in [0, 0.05) is 13.0 Å². The predicted octanol–water partition coefficient (Wildman–Crippen LogP) is -0.115. The molecule has 4 aliphatic carbocycles. The lowest BCUT2D eigenvalue weighted by atomic mass is 9.41. The molecular weight excluding hydrogens is 274 g/mol. The summed E-state index contributed by atoms with van der Waals surface area (Å²) in [6.45, 7) is 0. The van der Waals surface area contributed by atoms with Gasteiger partial charge in [-0.2, -0.15) is 0 Å². The number of hydrogen-bond acceptors (Lipinski definition) is 5. The summed E-state index contributed by atoms with van der Waals surface area (Å²) in [5, 5.41) is 2.44. The second-order valence-corrected chi connectivity index (χ2v) is 6.37. The van der Waals surface area contributed by atoms with Crippen LogP contribution in [0.4, 0.5) is 0 Å². The van der Waals surface area contributed by atoms with E-state index in [1.807, 2.05) is 12.2 Å². The van der Waals surface area contributed by atoms with Gasteiger partial charge in [0.15, 0.2) is 0 Å². The zero-order chi connectivity index (χ0) is 14.9. The molecule has 7 atom stereocenters. The van der Waals surface area contributed by atoms with Crippen LogP contribution in [-0.4, -0.2) is 37.6 Å². The van der Waals surface area contributed by atoms with Crippen molar-refractivity contribution < 1.29 is 23.9 Å². The maximum atomic E-state index is 12.2. The van der Waals surface area contributed by atoms with Gasteiger partial charge in [-0.25, -0.2) is 0 Å². The summed E-state index contributed by atoms with van der Waals surface area (Å²) in [5.74, 6) is -1.99. The van der Waals surface area contributed by atoms with Crippen LogP contribution in [0.25, 0.3) is 0 Å². The molecule has 1 aliphatic heterocycles. The molecule has 0 radical (unpaired) electrons. The normalized spacial score (nSPS) is 49.2. The number of rotatable bonds is 2. The second kappa shape index (κ2) is 3.94. The van der Waals surface area contributed by atoms with Crippen molar-refractivity contribution in [1.29, 1.82) is 0 Å². The number of esters is 1. The molecule has 5 rings (SSSR count). The van der Waals surface area contributed by atoms with Crippen LogP contribution < -0.4 is 5.32 Å². The van der Waals surface area contributed by atoms with Crippen molar-refractivity contribution in [2.75, 3.05) is 14.2 Å². The highest BCUT2D eigenvalue weighted by Gasteiger charge is 2.74. The van der Waals surface area contributed by atoms with Gasteiger partial charge >= 0.3 is 5.97 Å². The molecule has 5 aliphatic rings. The number of allylic oxidation sites excluding steroid dienone is 1. The first-order valence-electron chi connectivity index (χ1n) is 7.22. The van der Waals surface area contributed by atoms with E-state index in [9.17, 15) is 14.4 Å². The van der Waals surface area contributed by atoms with Crippen LogP contribution in [-0.2, 0) is 23.9 Å². The van der Waals surface area contributed by atoms with E-state index in [4.69, 9.17) is 9.47 Å². The maximum absolute atomic E-state index is 12.2. The van der Waals surface area contributed by atoms with Crippen LogP contribution in [0.1, 0.15) is 6.42 Å². The minimum atomic E-state index is -0.699. The van der Waals surface area contributed by atoms with Gasteiger partial charge in [-0.1, -0.05) is 12.2 Å². The van der Waals surface area contributed by atoms with Gasteiger partial charge < -0.3 is 9.47 Å². The highest BCUT2D eigenvalue weighted by atomic mass is 16.5. The first kappa shape index (κ1) is 13.0. The van der Waals surface area contributed by atoms with E-state index in [1.165, 1.54) is 7.11 Å². The zero-order valence-corrected chi connectivity index (χ0v) is 11.9. The first-order valence-corrected chi connectivity index (χ1v) is 7.22. The summed E-state index contributed by atoms with van der Waals surface area (Å²) in [6, 6.07) is 0. The number of carbonyl (C=O) groups excluding carboxylic acids is 3. The summed E-state index contributed by atoms with van der Waals surface area (Å²) in [6.07, 6.45) is 4.63. The Morgan fingerprint density at radius 1 is 1.24 bits per heavy atom. The van der Waals surface area contributed by atoms with E-state index in [0.29, 0.717) is 6.42 Å². The van der Waals surface area contributed by atoms with Crippen molar-refractivity contribution in [3.05, 3.63) is 12.2 Å². The topological polar surface area (TPSA) is 81.7 Å². The quantitative estimate of drug-likeness (QED) is 0.436. The van der Waals surface area contributed by atoms with Gasteiger partial charge in [0.25, 0.3) is 0 Å². The van der Waals surface area contributed by atoms with E-state index < -0.39 is 11.5 Å². The smallest absolute Gasteiger partial charge is 0.311 e. The van der Waals surface area contributed by atoms with Crippen molar-refractivity contribution in [3.8, 4) is 0 Å². The number of methoxy groups -OCH3 is 2. The molecule has 0 aromatic rings. The Morgan fingerprint density at radius 2 is 1.95 bits per heavy atom. The molecule has 2 amide bonds. The Morgan fingerprint density at radius 3 is 2.62 bits per heavy atom. The largest absolute Gasteiger partial charge is 0.469 e. The number of nitrogens with one attached hydrogen (secondary N) is 1. The Hall–Kier alpha value is -1.69. The number of amides is 2. The molecule has 0 aromatic carbocycles. The molecule has 6 heteroatoms. The summed E-state index contributed by atoms with van der Waals surface area (Å²) < 4.78 is 10.7. The molecule has 112 valence electrons. The molecular formula is C15H17NO5. The Labute approximate surface area is 121 Å². The van der Waals surface area contributed by atoms with Crippen LogP contribution in [0.2, 0.25) is 0 Å². The lowest BCUT2D eigenvalue weighted by Crippen LogP contribution is -2.72. The fourth-order valence-corrected chi connectivity index (χ4v) is 5.23. The van der Waals surface area contributed by atoms with E-state index >= 15 is 0 Å². The molecule has 3 fully saturated rings. The van der Waals surface area contributed by atoms with E-state index in [-0.39, 0.29) is 47.4 Å². The van der Waals surface area contributed by atoms with Crippen LogP contribution >= 0.6 is 0 Å². The fourth-order valence-electron chi connectivity index (χ4n) is 5.23. The van der Waals surface area contributed by atoms with Crippen LogP contribution in [0.5, 0.6) is 0 Å². The van der Waals surface area contributed by atoms with Crippen molar-refractivity contribution in [2.24, 2.45) is 35.5 Å². The molecule has 1 heterocycles. The van der Waals surface area contributed by atoms with Crippen molar-refractivity contribution in [2.45, 2.75) is 12.0 Å². The monoisotopic (exact) mass is 291 g/mol. The second-order valence-electron chi connectivity index (χ2n) is 6.37. The minimum Gasteiger partial charge on any atom is -0.469 e. The predicted molar refractivity (Wildman–Crippen MR) is 69.6 cm³/mol. The Kier molecular flexibility index (Phi) is 2.44. The molecule has 0 spiro atoms. The summed E-state index contributed by atoms with van der Waals surface area (Å²) >= 11 is 0. The molecule has 2 bridgehead atoms. The van der Waals surface area contributed by atoms with E-state index in [2.05, 4.69) is 5.32 Å². The fraction of sp³-hybridized carbons (Fsp3) is 0.667. The number of carbonyl (C=O) groups is 3. The highest BCUT2D eigenvalue weighted by molar-refractivity contribution is 6.06. The third-order valence-corrected chi connectivity index (χ3v) is 6.02. The van der Waals surface area contributed by atoms with E-state index in [0.717, 1.165) is 0 Å². The van der Waals surface area contributed by atoms with Gasteiger partial charge in [-0.05, 0) is 18.3 Å². The number of ether oxygens (including phenoxy) is 2. The van der Waals surface area contributed by atoms with Gasteiger partial charge in [-0.15, -0.1) is 0 Å². The molecule has 21 heavy (non-hydrogen) atoms. The van der Waals surface area contributed by atoms with Crippen LogP contribution in [0, 0.1) is 35.5 Å².